The number of hydrogen-bond donors (Lipinski definition) is 2. The highest BCUT2D eigenvalue weighted by Gasteiger charge is 2.06. The number of rotatable bonds is 7. The predicted molar refractivity (Wildman–Crippen MR) is 99.4 cm³/mol. The second-order valence-corrected chi connectivity index (χ2v) is 6.51. The Labute approximate surface area is 150 Å². The molecule has 0 atom stereocenters. The van der Waals surface area contributed by atoms with E-state index in [1.807, 2.05) is 55.5 Å². The molecule has 2 rings (SSSR count). The van der Waals surface area contributed by atoms with Gasteiger partial charge in [0.15, 0.2) is 5.78 Å². The molecule has 2 amide bonds. The highest BCUT2D eigenvalue weighted by atomic mass is 79.9. The Morgan fingerprint density at radius 1 is 0.917 bits per heavy atom. The summed E-state index contributed by atoms with van der Waals surface area (Å²) in [5.41, 5.74) is 2.96. The number of hydrogen-bond acceptors (Lipinski definition) is 2. The molecule has 0 saturated carbocycles. The maximum Gasteiger partial charge on any atom is 0.314 e. The lowest BCUT2D eigenvalue weighted by Crippen LogP contribution is -2.37. The van der Waals surface area contributed by atoms with E-state index in [9.17, 15) is 9.59 Å². The van der Waals surface area contributed by atoms with E-state index in [2.05, 4.69) is 26.6 Å². The molecule has 126 valence electrons. The molecule has 0 spiro atoms. The largest absolute Gasteiger partial charge is 0.338 e. The fourth-order valence-corrected chi connectivity index (χ4v) is 2.47. The Morgan fingerprint density at radius 2 is 1.54 bits per heavy atom. The first-order valence-electron chi connectivity index (χ1n) is 7.90. The summed E-state index contributed by atoms with van der Waals surface area (Å²) in [5, 5.41) is 5.51. The third-order valence-corrected chi connectivity index (χ3v) is 4.15. The van der Waals surface area contributed by atoms with Crippen LogP contribution in [0, 0.1) is 6.92 Å². The summed E-state index contributed by atoms with van der Waals surface area (Å²) in [6.07, 6.45) is 1.06. The third-order valence-electron chi connectivity index (χ3n) is 3.62. The highest BCUT2D eigenvalue weighted by Crippen LogP contribution is 2.10. The third kappa shape index (κ3) is 6.16. The molecule has 2 N–H and O–H groups in total. The van der Waals surface area contributed by atoms with Crippen molar-refractivity contribution in [1.82, 2.24) is 10.6 Å². The van der Waals surface area contributed by atoms with Crippen LogP contribution in [0.2, 0.25) is 0 Å². The van der Waals surface area contributed by atoms with Gasteiger partial charge in [-0.3, -0.25) is 4.79 Å². The Bertz CT molecular complexity index is 682. The number of urea groups is 1. The van der Waals surface area contributed by atoms with Gasteiger partial charge in [0.1, 0.15) is 0 Å². The molecule has 0 heterocycles. The van der Waals surface area contributed by atoms with Gasteiger partial charge in [0.25, 0.3) is 0 Å². The van der Waals surface area contributed by atoms with Crippen LogP contribution in [0.1, 0.15) is 27.9 Å². The number of benzene rings is 2. The van der Waals surface area contributed by atoms with Gasteiger partial charge in [-0.1, -0.05) is 57.9 Å². The zero-order valence-electron chi connectivity index (χ0n) is 13.6. The van der Waals surface area contributed by atoms with E-state index in [4.69, 9.17) is 0 Å². The van der Waals surface area contributed by atoms with Crippen molar-refractivity contribution in [3.8, 4) is 0 Å². The molecule has 0 aromatic heterocycles. The molecule has 2 aromatic carbocycles. The molecular formula is C19H21BrN2O2. The van der Waals surface area contributed by atoms with E-state index < -0.39 is 0 Å². The summed E-state index contributed by atoms with van der Waals surface area (Å²) in [6.45, 7) is 2.87. The van der Waals surface area contributed by atoms with Crippen LogP contribution in [-0.4, -0.2) is 24.9 Å². The van der Waals surface area contributed by atoms with Crippen LogP contribution in [0.3, 0.4) is 0 Å². The zero-order valence-corrected chi connectivity index (χ0v) is 15.2. The van der Waals surface area contributed by atoms with Crippen LogP contribution in [0.25, 0.3) is 0 Å². The maximum absolute atomic E-state index is 12.0. The molecule has 2 aromatic rings. The van der Waals surface area contributed by atoms with Crippen molar-refractivity contribution < 1.29 is 9.59 Å². The smallest absolute Gasteiger partial charge is 0.314 e. The summed E-state index contributed by atoms with van der Waals surface area (Å²) >= 11 is 3.39. The minimum Gasteiger partial charge on any atom is -0.338 e. The van der Waals surface area contributed by atoms with Crippen LogP contribution >= 0.6 is 15.9 Å². The first kappa shape index (κ1) is 18.2. The van der Waals surface area contributed by atoms with Crippen LogP contribution < -0.4 is 10.6 Å². The van der Waals surface area contributed by atoms with Crippen molar-refractivity contribution >= 4 is 27.7 Å². The van der Waals surface area contributed by atoms with E-state index in [-0.39, 0.29) is 11.8 Å². The lowest BCUT2D eigenvalue weighted by Gasteiger charge is -2.08. The van der Waals surface area contributed by atoms with E-state index in [1.54, 1.807) is 0 Å². The summed E-state index contributed by atoms with van der Waals surface area (Å²) in [4.78, 5) is 23.7. The van der Waals surface area contributed by atoms with Crippen LogP contribution in [0.5, 0.6) is 0 Å². The molecule has 24 heavy (non-hydrogen) atoms. The van der Waals surface area contributed by atoms with Crippen molar-refractivity contribution in [2.75, 3.05) is 13.1 Å². The first-order valence-corrected chi connectivity index (χ1v) is 8.70. The van der Waals surface area contributed by atoms with Crippen LogP contribution in [0.4, 0.5) is 4.79 Å². The average Bonchev–Trinajstić information content (AvgIpc) is 2.57. The quantitative estimate of drug-likeness (QED) is 0.707. The highest BCUT2D eigenvalue weighted by molar-refractivity contribution is 9.10. The number of halogens is 1. The fraction of sp³-hybridized carbons (Fsp3) is 0.263. The summed E-state index contributed by atoms with van der Waals surface area (Å²) in [7, 11) is 0. The molecule has 5 heteroatoms. The number of nitrogens with one attached hydrogen (secondary N) is 2. The first-order chi connectivity index (χ1) is 11.5. The monoisotopic (exact) mass is 388 g/mol. The number of Topliss-reactive ketones (excluding diaryl/α,β-unsaturated/α-hetero) is 1. The van der Waals surface area contributed by atoms with Gasteiger partial charge in [0, 0.05) is 29.5 Å². The minimum absolute atomic E-state index is 0.0326. The SMILES string of the molecule is Cc1ccc(C(=O)CCNC(=O)NCCc2ccc(Br)cc2)cc1. The van der Waals surface area contributed by atoms with Crippen molar-refractivity contribution in [1.29, 1.82) is 0 Å². The minimum atomic E-state index is -0.246. The number of carbonyl (C=O) groups is 2. The Balaban J connectivity index is 1.63. The Hall–Kier alpha value is -2.14. The second-order valence-electron chi connectivity index (χ2n) is 5.60. The van der Waals surface area contributed by atoms with E-state index >= 15 is 0 Å². The predicted octanol–water partition coefficient (Wildman–Crippen LogP) is 3.87. The lowest BCUT2D eigenvalue weighted by molar-refractivity contribution is 0.0983. The summed E-state index contributed by atoms with van der Waals surface area (Å²) in [5.74, 6) is 0.0326. The van der Waals surface area contributed by atoms with Crippen LogP contribution in [0.15, 0.2) is 53.0 Å². The van der Waals surface area contributed by atoms with Crippen molar-refractivity contribution in [3.05, 3.63) is 69.7 Å². The van der Waals surface area contributed by atoms with Gasteiger partial charge in [0.05, 0.1) is 0 Å². The van der Waals surface area contributed by atoms with Crippen LogP contribution in [-0.2, 0) is 6.42 Å². The number of ketones is 1. The topological polar surface area (TPSA) is 58.2 Å². The van der Waals surface area contributed by atoms with Gasteiger partial charge >= 0.3 is 6.03 Å². The molecule has 0 aliphatic rings. The average molecular weight is 389 g/mol. The molecule has 0 aliphatic carbocycles. The molecule has 0 unspecified atom stereocenters. The van der Waals surface area contributed by atoms with Gasteiger partial charge in [-0.2, -0.15) is 0 Å². The summed E-state index contributed by atoms with van der Waals surface area (Å²) in [6, 6.07) is 15.2. The molecule has 0 fully saturated rings. The van der Waals surface area contributed by atoms with Gasteiger partial charge < -0.3 is 10.6 Å². The van der Waals surface area contributed by atoms with Crippen molar-refractivity contribution in [2.24, 2.45) is 0 Å². The molecule has 4 nitrogen and oxygen atoms in total. The molecule has 0 saturated heterocycles. The maximum atomic E-state index is 12.0. The van der Waals surface area contributed by atoms with Crippen molar-refractivity contribution in [2.45, 2.75) is 19.8 Å². The number of amides is 2. The molecule has 0 radical (unpaired) electrons. The Kier molecular flexibility index (Phi) is 7.00. The fourth-order valence-electron chi connectivity index (χ4n) is 2.21. The molecular weight excluding hydrogens is 368 g/mol. The molecule has 0 bridgehead atoms. The van der Waals surface area contributed by atoms with E-state index in [0.29, 0.717) is 25.1 Å². The lowest BCUT2D eigenvalue weighted by atomic mass is 10.1. The Morgan fingerprint density at radius 3 is 2.21 bits per heavy atom. The van der Waals surface area contributed by atoms with Gasteiger partial charge in [-0.15, -0.1) is 0 Å². The van der Waals surface area contributed by atoms with Gasteiger partial charge in [-0.25, -0.2) is 4.79 Å². The number of aryl methyl sites for hydroxylation is 1. The standard InChI is InChI=1S/C19H21BrN2O2/c1-14-2-6-16(7-3-14)18(23)11-13-22-19(24)21-12-10-15-4-8-17(20)9-5-15/h2-9H,10-13H2,1H3,(H2,21,22,24). The van der Waals surface area contributed by atoms with E-state index in [1.165, 1.54) is 0 Å². The summed E-state index contributed by atoms with van der Waals surface area (Å²) < 4.78 is 1.04. The second kappa shape index (κ2) is 9.23. The zero-order chi connectivity index (χ0) is 17.4. The number of carbonyl (C=O) groups excluding carboxylic acids is 2. The molecule has 0 aliphatic heterocycles. The van der Waals surface area contributed by atoms with Gasteiger partial charge in [-0.05, 0) is 31.0 Å². The van der Waals surface area contributed by atoms with Crippen molar-refractivity contribution in [3.63, 3.8) is 0 Å². The normalized spacial score (nSPS) is 10.2. The van der Waals surface area contributed by atoms with E-state index in [0.717, 1.165) is 22.0 Å². The van der Waals surface area contributed by atoms with Gasteiger partial charge in [0.2, 0.25) is 0 Å².